The zero-order valence-corrected chi connectivity index (χ0v) is 9.66. The van der Waals surface area contributed by atoms with Gasteiger partial charge < -0.3 is 0 Å². The van der Waals surface area contributed by atoms with Gasteiger partial charge in [-0.2, -0.15) is 0 Å². The van der Waals surface area contributed by atoms with Gasteiger partial charge in [0.15, 0.2) is 0 Å². The topological polar surface area (TPSA) is 0 Å². The van der Waals surface area contributed by atoms with Crippen molar-refractivity contribution in [1.82, 2.24) is 0 Å². The molecule has 0 N–H and O–H groups in total. The first kappa shape index (κ1) is 9.17. The molecule has 0 amide bonds. The number of halogens is 1. The summed E-state index contributed by atoms with van der Waals surface area (Å²) >= 11 is 3.47. The normalized spacial score (nSPS) is 18.1. The Morgan fingerprint density at radius 2 is 1.80 bits per heavy atom. The third kappa shape index (κ3) is 1.51. The molecular weight excluding hydrogens is 248 g/mol. The first-order valence-corrected chi connectivity index (χ1v) is 5.75. The maximum Gasteiger partial charge on any atom is 0.0296 e. The highest BCUT2D eigenvalue weighted by molar-refractivity contribution is 9.10. The van der Waals surface area contributed by atoms with Crippen LogP contribution in [0.25, 0.3) is 0 Å². The number of hydrogen-bond donors (Lipinski definition) is 0. The lowest BCUT2D eigenvalue weighted by molar-refractivity contribution is 0.866. The van der Waals surface area contributed by atoms with Gasteiger partial charge >= 0.3 is 0 Å². The first-order valence-electron chi connectivity index (χ1n) is 4.95. The van der Waals surface area contributed by atoms with Gasteiger partial charge in [0.2, 0.25) is 0 Å². The average Bonchev–Trinajstić information content (AvgIpc) is 2.24. The lowest BCUT2D eigenvalue weighted by atomic mass is 9.74. The van der Waals surface area contributed by atoms with Crippen LogP contribution >= 0.6 is 15.9 Å². The second kappa shape index (κ2) is 3.49. The SMILES string of the molecule is Brc1ccc2c(c1)[C]C2c1ccccc1. The molecule has 1 heteroatoms. The molecule has 0 heterocycles. The third-order valence-corrected chi connectivity index (χ3v) is 3.25. The molecule has 2 radical (unpaired) electrons. The maximum atomic E-state index is 3.47. The molecule has 0 fully saturated rings. The molecule has 0 saturated heterocycles. The number of benzene rings is 2. The maximum absolute atomic E-state index is 3.47. The van der Waals surface area contributed by atoms with Gasteiger partial charge in [0.05, 0.1) is 0 Å². The summed E-state index contributed by atoms with van der Waals surface area (Å²) in [5, 5.41) is 0. The van der Waals surface area contributed by atoms with Gasteiger partial charge in [0.25, 0.3) is 0 Å². The van der Waals surface area contributed by atoms with E-state index < -0.39 is 0 Å². The zero-order chi connectivity index (χ0) is 10.3. The molecule has 1 atom stereocenters. The molecule has 72 valence electrons. The van der Waals surface area contributed by atoms with Gasteiger partial charge in [-0.3, -0.25) is 0 Å². The van der Waals surface area contributed by atoms with Gasteiger partial charge in [0.1, 0.15) is 0 Å². The minimum absolute atomic E-state index is 0.370. The van der Waals surface area contributed by atoms with E-state index in [0.29, 0.717) is 5.92 Å². The van der Waals surface area contributed by atoms with Crippen molar-refractivity contribution >= 4 is 15.9 Å². The molecule has 0 aliphatic heterocycles. The molecule has 0 bridgehead atoms. The van der Waals surface area contributed by atoms with Crippen LogP contribution in [-0.4, -0.2) is 0 Å². The average molecular weight is 257 g/mol. The van der Waals surface area contributed by atoms with Crippen molar-refractivity contribution in [3.05, 3.63) is 76.1 Å². The second-order valence-electron chi connectivity index (χ2n) is 3.72. The summed E-state index contributed by atoms with van der Waals surface area (Å²) in [5.74, 6) is 0.370. The summed E-state index contributed by atoms with van der Waals surface area (Å²) in [7, 11) is 0. The third-order valence-electron chi connectivity index (χ3n) is 2.76. The van der Waals surface area contributed by atoms with Crippen molar-refractivity contribution in [2.45, 2.75) is 5.92 Å². The van der Waals surface area contributed by atoms with Crippen molar-refractivity contribution in [1.29, 1.82) is 0 Å². The van der Waals surface area contributed by atoms with Crippen molar-refractivity contribution in [2.75, 3.05) is 0 Å². The van der Waals surface area contributed by atoms with E-state index in [1.165, 1.54) is 16.7 Å². The Kier molecular flexibility index (Phi) is 2.14. The fourth-order valence-electron chi connectivity index (χ4n) is 1.97. The molecule has 3 rings (SSSR count). The molecule has 0 spiro atoms. The molecule has 2 aromatic carbocycles. The van der Waals surface area contributed by atoms with Crippen LogP contribution in [0.15, 0.2) is 53.0 Å². The number of fused-ring (bicyclic) bond motifs is 1. The quantitative estimate of drug-likeness (QED) is 0.723. The van der Waals surface area contributed by atoms with Crippen LogP contribution in [0.3, 0.4) is 0 Å². The molecule has 1 unspecified atom stereocenters. The summed E-state index contributed by atoms with van der Waals surface area (Å²) in [4.78, 5) is 0. The smallest absolute Gasteiger partial charge is 0.0296 e. The van der Waals surface area contributed by atoms with E-state index in [9.17, 15) is 0 Å². The minimum atomic E-state index is 0.370. The van der Waals surface area contributed by atoms with E-state index in [-0.39, 0.29) is 0 Å². The largest absolute Gasteiger partial charge is 0.0622 e. The predicted octanol–water partition coefficient (Wildman–Crippen LogP) is 4.02. The van der Waals surface area contributed by atoms with E-state index in [0.717, 1.165) is 4.47 Å². The molecule has 1 aliphatic rings. The van der Waals surface area contributed by atoms with Gasteiger partial charge in [0, 0.05) is 16.8 Å². The Hall–Kier alpha value is -1.08. The molecule has 15 heavy (non-hydrogen) atoms. The van der Waals surface area contributed by atoms with Crippen LogP contribution in [-0.2, 0) is 0 Å². The van der Waals surface area contributed by atoms with E-state index in [4.69, 9.17) is 0 Å². The van der Waals surface area contributed by atoms with E-state index in [2.05, 4.69) is 64.8 Å². The summed E-state index contributed by atoms with van der Waals surface area (Å²) in [5.41, 5.74) is 3.94. The Balaban J connectivity index is 1.98. The second-order valence-corrected chi connectivity index (χ2v) is 4.64. The van der Waals surface area contributed by atoms with Gasteiger partial charge in [-0.05, 0) is 28.8 Å². The highest BCUT2D eigenvalue weighted by Crippen LogP contribution is 2.42. The molecule has 1 aliphatic carbocycles. The van der Waals surface area contributed by atoms with Crippen molar-refractivity contribution < 1.29 is 0 Å². The van der Waals surface area contributed by atoms with Crippen LogP contribution in [0.2, 0.25) is 0 Å². The molecule has 0 saturated carbocycles. The Bertz CT molecular complexity index is 488. The molecule has 2 aromatic rings. The highest BCUT2D eigenvalue weighted by atomic mass is 79.9. The van der Waals surface area contributed by atoms with E-state index in [1.54, 1.807) is 0 Å². The van der Waals surface area contributed by atoms with Crippen LogP contribution < -0.4 is 0 Å². The molecular formula is C14H9Br. The molecule has 0 nitrogen and oxygen atoms in total. The molecule has 0 aromatic heterocycles. The lowest BCUT2D eigenvalue weighted by Gasteiger charge is -2.29. The summed E-state index contributed by atoms with van der Waals surface area (Å²) in [6.45, 7) is 0. The highest BCUT2D eigenvalue weighted by Gasteiger charge is 2.27. The van der Waals surface area contributed by atoms with Crippen molar-refractivity contribution in [3.8, 4) is 0 Å². The van der Waals surface area contributed by atoms with Gasteiger partial charge in [-0.25, -0.2) is 0 Å². The van der Waals surface area contributed by atoms with Crippen molar-refractivity contribution in [2.24, 2.45) is 0 Å². The van der Waals surface area contributed by atoms with Gasteiger partial charge in [-0.15, -0.1) is 0 Å². The number of hydrogen-bond acceptors (Lipinski definition) is 0. The van der Waals surface area contributed by atoms with Crippen LogP contribution in [0, 0.1) is 6.42 Å². The number of rotatable bonds is 1. The standard InChI is InChI=1S/C14H9Br/c15-12-6-7-13-11(8-12)9-14(13)10-4-2-1-3-5-10/h1-8,14H. The van der Waals surface area contributed by atoms with Crippen LogP contribution in [0.1, 0.15) is 22.6 Å². The Morgan fingerprint density at radius 1 is 1.00 bits per heavy atom. The van der Waals surface area contributed by atoms with Gasteiger partial charge in [-0.1, -0.05) is 52.3 Å². The van der Waals surface area contributed by atoms with E-state index >= 15 is 0 Å². The fraction of sp³-hybridized carbons (Fsp3) is 0.0714. The Morgan fingerprint density at radius 3 is 2.53 bits per heavy atom. The Labute approximate surface area is 98.1 Å². The fourth-order valence-corrected chi connectivity index (χ4v) is 2.33. The van der Waals surface area contributed by atoms with Crippen LogP contribution in [0.4, 0.5) is 0 Å². The van der Waals surface area contributed by atoms with Crippen molar-refractivity contribution in [3.63, 3.8) is 0 Å². The predicted molar refractivity (Wildman–Crippen MR) is 64.8 cm³/mol. The van der Waals surface area contributed by atoms with E-state index in [1.807, 2.05) is 6.07 Å². The zero-order valence-electron chi connectivity index (χ0n) is 8.07. The summed E-state index contributed by atoms with van der Waals surface area (Å²) < 4.78 is 1.13. The lowest BCUT2D eigenvalue weighted by Crippen LogP contribution is -2.15. The first-order chi connectivity index (χ1) is 7.34. The van der Waals surface area contributed by atoms with Crippen LogP contribution in [0.5, 0.6) is 0 Å². The monoisotopic (exact) mass is 256 g/mol. The minimum Gasteiger partial charge on any atom is -0.0622 e. The summed E-state index contributed by atoms with van der Waals surface area (Å²) in [6, 6.07) is 16.9. The summed E-state index contributed by atoms with van der Waals surface area (Å²) in [6.07, 6.45) is 3.45.